The van der Waals surface area contributed by atoms with Crippen LogP contribution in [0, 0.1) is 0 Å². The highest BCUT2D eigenvalue weighted by atomic mass is 16.9. The summed E-state index contributed by atoms with van der Waals surface area (Å²) in [4.78, 5) is 10.3. The number of aliphatic hydroxyl groups is 2. The second-order valence-corrected chi connectivity index (χ2v) is 3.94. The maximum Gasteiger partial charge on any atom is 0.0942 e. The lowest BCUT2D eigenvalue weighted by Gasteiger charge is -2.20. The van der Waals surface area contributed by atoms with Crippen LogP contribution in [0.2, 0.25) is 0 Å². The van der Waals surface area contributed by atoms with E-state index in [-0.39, 0.29) is 26.4 Å². The molecule has 2 N–H and O–H groups in total. The van der Waals surface area contributed by atoms with Crippen LogP contribution in [0.25, 0.3) is 0 Å². The lowest BCUT2D eigenvalue weighted by atomic mass is 10.1. The van der Waals surface area contributed by atoms with E-state index in [1.165, 1.54) is 30.9 Å². The molecule has 0 atom stereocenters. The number of hydrogen-bond donors (Lipinski definition) is 2. The van der Waals surface area contributed by atoms with Gasteiger partial charge in [-0.2, -0.15) is 0 Å². The molecule has 0 radical (unpaired) electrons. The van der Waals surface area contributed by atoms with Crippen molar-refractivity contribution in [1.82, 2.24) is 5.23 Å². The van der Waals surface area contributed by atoms with Crippen molar-refractivity contribution in [2.75, 3.05) is 33.0 Å². The highest BCUT2D eigenvalue weighted by Crippen LogP contribution is 2.06. The molecule has 0 aromatic carbocycles. The summed E-state index contributed by atoms with van der Waals surface area (Å²) in [6.07, 6.45) is 7.23. The Balaban J connectivity index is 3.45. The second-order valence-electron chi connectivity index (χ2n) is 3.94. The lowest BCUT2D eigenvalue weighted by Crippen LogP contribution is -2.28. The predicted octanol–water partition coefficient (Wildman–Crippen LogP) is 1.50. The van der Waals surface area contributed by atoms with Crippen LogP contribution in [0.1, 0.15) is 45.4 Å². The Hall–Kier alpha value is -0.200. The number of unbranched alkanes of at least 4 members (excludes halogenated alkanes) is 5. The molecule has 0 spiro atoms. The average molecular weight is 249 g/mol. The van der Waals surface area contributed by atoms with Crippen LogP contribution in [-0.2, 0) is 9.68 Å². The largest absolute Gasteiger partial charge is 0.394 e. The Morgan fingerprint density at radius 2 is 1.35 bits per heavy atom. The monoisotopic (exact) mass is 249 g/mol. The Kier molecular flexibility index (Phi) is 13.7. The molecule has 0 aliphatic carbocycles. The normalized spacial score (nSPS) is 11.3. The predicted molar refractivity (Wildman–Crippen MR) is 66.2 cm³/mol. The fourth-order valence-electron chi connectivity index (χ4n) is 1.47. The first-order valence-electron chi connectivity index (χ1n) is 6.60. The van der Waals surface area contributed by atoms with Crippen LogP contribution in [0.3, 0.4) is 0 Å². The molecule has 0 amide bonds. The molecule has 0 aliphatic heterocycles. The summed E-state index contributed by atoms with van der Waals surface area (Å²) in [5.74, 6) is 0. The van der Waals surface area contributed by atoms with Gasteiger partial charge in [0.25, 0.3) is 0 Å². The number of aliphatic hydroxyl groups excluding tert-OH is 2. The summed E-state index contributed by atoms with van der Waals surface area (Å²) in [5.41, 5.74) is 0. The maximum absolute atomic E-state index is 8.65. The van der Waals surface area contributed by atoms with Gasteiger partial charge in [-0.25, -0.2) is 0 Å². The van der Waals surface area contributed by atoms with Gasteiger partial charge >= 0.3 is 0 Å². The zero-order chi connectivity index (χ0) is 12.8. The number of hydrogen-bond acceptors (Lipinski definition) is 5. The summed E-state index contributed by atoms with van der Waals surface area (Å²) in [6, 6.07) is 0. The Bertz CT molecular complexity index is 138. The van der Waals surface area contributed by atoms with Gasteiger partial charge in [0.1, 0.15) is 0 Å². The van der Waals surface area contributed by atoms with E-state index < -0.39 is 0 Å². The van der Waals surface area contributed by atoms with Crippen molar-refractivity contribution < 1.29 is 19.9 Å². The number of hydroxylamine groups is 2. The van der Waals surface area contributed by atoms with E-state index in [1.807, 2.05) is 0 Å². The fourth-order valence-corrected chi connectivity index (χ4v) is 1.47. The van der Waals surface area contributed by atoms with Crippen molar-refractivity contribution in [3.63, 3.8) is 0 Å². The Morgan fingerprint density at radius 3 is 1.88 bits per heavy atom. The van der Waals surface area contributed by atoms with Crippen molar-refractivity contribution in [2.24, 2.45) is 0 Å². The van der Waals surface area contributed by atoms with Gasteiger partial charge in [-0.1, -0.05) is 44.3 Å². The Labute approximate surface area is 104 Å². The molecule has 104 valence electrons. The van der Waals surface area contributed by atoms with E-state index in [0.717, 1.165) is 12.8 Å². The lowest BCUT2D eigenvalue weighted by molar-refractivity contribution is -0.371. The topological polar surface area (TPSA) is 62.2 Å². The molecule has 0 unspecified atom stereocenters. The SMILES string of the molecule is CCCCCCCCN(OCCO)OCCO. The summed E-state index contributed by atoms with van der Waals surface area (Å²) in [7, 11) is 0. The molecule has 0 saturated carbocycles. The summed E-state index contributed by atoms with van der Waals surface area (Å²) < 4.78 is 0. The molecule has 0 aromatic rings. The molecule has 17 heavy (non-hydrogen) atoms. The van der Waals surface area contributed by atoms with Crippen LogP contribution in [0.15, 0.2) is 0 Å². The van der Waals surface area contributed by atoms with Gasteiger partial charge in [-0.15, -0.1) is 0 Å². The van der Waals surface area contributed by atoms with Gasteiger partial charge < -0.3 is 10.2 Å². The van der Waals surface area contributed by atoms with Crippen LogP contribution >= 0.6 is 0 Å². The first kappa shape index (κ1) is 16.8. The van der Waals surface area contributed by atoms with Gasteiger partial charge in [0, 0.05) is 0 Å². The molecule has 0 rings (SSSR count). The quantitative estimate of drug-likeness (QED) is 0.382. The van der Waals surface area contributed by atoms with Crippen LogP contribution in [0.5, 0.6) is 0 Å². The molecule has 0 fully saturated rings. The van der Waals surface area contributed by atoms with Gasteiger partial charge in [-0.3, -0.25) is 9.68 Å². The minimum Gasteiger partial charge on any atom is -0.394 e. The van der Waals surface area contributed by atoms with Gasteiger partial charge in [0.05, 0.1) is 33.0 Å². The highest BCUT2D eigenvalue weighted by molar-refractivity contribution is 4.44. The summed E-state index contributed by atoms with van der Waals surface area (Å²) >= 11 is 0. The smallest absolute Gasteiger partial charge is 0.0942 e. The first-order valence-corrected chi connectivity index (χ1v) is 6.60. The second kappa shape index (κ2) is 13.9. The van der Waals surface area contributed by atoms with Crippen LogP contribution < -0.4 is 0 Å². The third-order valence-electron chi connectivity index (χ3n) is 2.35. The van der Waals surface area contributed by atoms with Crippen molar-refractivity contribution >= 4 is 0 Å². The number of nitrogens with zero attached hydrogens (tertiary/aromatic N) is 1. The van der Waals surface area contributed by atoms with E-state index >= 15 is 0 Å². The molecular formula is C12H27NO4. The zero-order valence-corrected chi connectivity index (χ0v) is 10.9. The third kappa shape index (κ3) is 12.1. The van der Waals surface area contributed by atoms with Crippen molar-refractivity contribution in [2.45, 2.75) is 45.4 Å². The summed E-state index contributed by atoms with van der Waals surface area (Å²) in [6.45, 7) is 3.26. The molecule has 5 heteroatoms. The average Bonchev–Trinajstić information content (AvgIpc) is 2.35. The summed E-state index contributed by atoms with van der Waals surface area (Å²) in [5, 5.41) is 18.7. The van der Waals surface area contributed by atoms with Crippen molar-refractivity contribution in [3.8, 4) is 0 Å². The standard InChI is InChI=1S/C12H27NO4/c1-2-3-4-5-6-7-8-13(16-11-9-14)17-12-10-15/h14-15H,2-12H2,1H3. The molecular weight excluding hydrogens is 222 g/mol. The van der Waals surface area contributed by atoms with Gasteiger partial charge in [-0.05, 0) is 6.42 Å². The van der Waals surface area contributed by atoms with Gasteiger partial charge in [0.2, 0.25) is 0 Å². The highest BCUT2D eigenvalue weighted by Gasteiger charge is 2.05. The maximum atomic E-state index is 8.65. The van der Waals surface area contributed by atoms with Crippen molar-refractivity contribution in [3.05, 3.63) is 0 Å². The Morgan fingerprint density at radius 1 is 0.824 bits per heavy atom. The van der Waals surface area contributed by atoms with Crippen molar-refractivity contribution in [1.29, 1.82) is 0 Å². The first-order chi connectivity index (χ1) is 8.35. The number of rotatable bonds is 13. The molecule has 0 bridgehead atoms. The van der Waals surface area contributed by atoms with E-state index in [2.05, 4.69) is 6.92 Å². The molecule has 0 saturated heterocycles. The van der Waals surface area contributed by atoms with Crippen LogP contribution in [0.4, 0.5) is 0 Å². The van der Waals surface area contributed by atoms with Gasteiger partial charge in [0.15, 0.2) is 0 Å². The minimum absolute atomic E-state index is 0.0323. The zero-order valence-electron chi connectivity index (χ0n) is 10.9. The van der Waals surface area contributed by atoms with E-state index in [4.69, 9.17) is 19.9 Å². The van der Waals surface area contributed by atoms with E-state index in [9.17, 15) is 0 Å². The van der Waals surface area contributed by atoms with E-state index in [1.54, 1.807) is 0 Å². The fraction of sp³-hybridized carbons (Fsp3) is 1.00. The molecule has 0 aromatic heterocycles. The van der Waals surface area contributed by atoms with Crippen LogP contribution in [-0.4, -0.2) is 48.4 Å². The van der Waals surface area contributed by atoms with E-state index in [0.29, 0.717) is 6.54 Å². The molecule has 0 heterocycles. The minimum atomic E-state index is -0.0323. The molecule has 5 nitrogen and oxygen atoms in total. The third-order valence-corrected chi connectivity index (χ3v) is 2.35. The molecule has 0 aliphatic rings.